The van der Waals surface area contributed by atoms with Crippen LogP contribution in [0.25, 0.3) is 16.7 Å². The van der Waals surface area contributed by atoms with Gasteiger partial charge in [-0.05, 0) is 18.2 Å². The Hall–Kier alpha value is -4.31. The van der Waals surface area contributed by atoms with Crippen molar-refractivity contribution in [3.8, 4) is 11.4 Å². The lowest BCUT2D eigenvalue weighted by Crippen LogP contribution is -2.48. The Balaban J connectivity index is 1.77. The van der Waals surface area contributed by atoms with Crippen LogP contribution in [0.15, 0.2) is 39.7 Å². The number of phenols is 1. The Labute approximate surface area is 183 Å². The van der Waals surface area contributed by atoms with Crippen LogP contribution < -0.4 is 16.3 Å². The van der Waals surface area contributed by atoms with Crippen LogP contribution >= 0.6 is 0 Å². The number of amides is 2. The molecule has 0 aliphatic carbocycles. The van der Waals surface area contributed by atoms with Crippen LogP contribution in [-0.4, -0.2) is 74.3 Å². The summed E-state index contributed by atoms with van der Waals surface area (Å²) in [6.45, 7) is -1.81. The molecule has 2 heterocycles. The van der Waals surface area contributed by atoms with E-state index in [-0.39, 0.29) is 22.7 Å². The Morgan fingerprint density at radius 3 is 2.58 bits per heavy atom. The number of aromatic nitrogens is 3. The average Bonchev–Trinajstić information content (AvgIpc) is 3.20. The third-order valence-electron chi connectivity index (χ3n) is 4.19. The van der Waals surface area contributed by atoms with Crippen molar-refractivity contribution in [3.05, 3.63) is 46.6 Å². The van der Waals surface area contributed by atoms with E-state index in [9.17, 15) is 37.3 Å². The molecule has 1 atom stereocenters. The Bertz CT molecular complexity index is 1410. The van der Waals surface area contributed by atoms with Gasteiger partial charge in [0, 0.05) is 18.0 Å². The number of rotatable bonds is 8. The van der Waals surface area contributed by atoms with Gasteiger partial charge in [-0.1, -0.05) is 5.21 Å². The molecular weight excluding hydrogens is 466 g/mol. The smallest absolute Gasteiger partial charge is 0.362 e. The van der Waals surface area contributed by atoms with Crippen molar-refractivity contribution >= 4 is 38.9 Å². The van der Waals surface area contributed by atoms with Crippen molar-refractivity contribution < 1.29 is 42.0 Å². The molecule has 0 aliphatic heterocycles. The van der Waals surface area contributed by atoms with Crippen LogP contribution in [0.5, 0.6) is 5.75 Å². The molecule has 15 nitrogen and oxygen atoms in total. The molecule has 3 rings (SSSR count). The lowest BCUT2D eigenvalue weighted by molar-refractivity contribution is -0.137. The molecule has 0 saturated carbocycles. The number of aliphatic carboxylic acids is 1. The van der Waals surface area contributed by atoms with Crippen LogP contribution in [0.4, 0.5) is 0 Å². The summed E-state index contributed by atoms with van der Waals surface area (Å²) < 4.78 is 38.1. The highest BCUT2D eigenvalue weighted by Crippen LogP contribution is 2.20. The molecule has 174 valence electrons. The third kappa shape index (κ3) is 5.49. The highest BCUT2D eigenvalue weighted by Gasteiger charge is 2.32. The minimum absolute atomic E-state index is 0.110. The number of aromatic hydroxyl groups is 1. The fourth-order valence-corrected chi connectivity index (χ4v) is 3.27. The van der Waals surface area contributed by atoms with Crippen molar-refractivity contribution in [3.63, 3.8) is 0 Å². The van der Waals surface area contributed by atoms with Gasteiger partial charge < -0.3 is 25.3 Å². The molecule has 33 heavy (non-hydrogen) atoms. The van der Waals surface area contributed by atoms with Crippen molar-refractivity contribution in [1.82, 2.24) is 25.6 Å². The zero-order chi connectivity index (χ0) is 24.3. The molecule has 16 heteroatoms. The summed E-state index contributed by atoms with van der Waals surface area (Å²) in [7, 11) is -4.99. The fourth-order valence-electron chi connectivity index (χ4n) is 2.62. The fraction of sp³-hybridized carbons (Fsp3) is 0.176. The van der Waals surface area contributed by atoms with Crippen LogP contribution in [0, 0.1) is 0 Å². The van der Waals surface area contributed by atoms with Crippen LogP contribution in [0.1, 0.15) is 10.5 Å². The number of hydrogen-bond acceptors (Lipinski definition) is 10. The lowest BCUT2D eigenvalue weighted by atomic mass is 10.2. The Morgan fingerprint density at radius 1 is 1.18 bits per heavy atom. The number of nitrogens with zero attached hydrogens (tertiary/aromatic N) is 3. The normalized spacial score (nSPS) is 12.3. The number of nitrogens with one attached hydrogen (secondary N) is 2. The summed E-state index contributed by atoms with van der Waals surface area (Å²) in [6.07, 6.45) is 1.03. The average molecular weight is 481 g/mol. The van der Waals surface area contributed by atoms with Gasteiger partial charge >= 0.3 is 11.6 Å². The van der Waals surface area contributed by atoms with E-state index >= 15 is 0 Å². The zero-order valence-electron chi connectivity index (χ0n) is 16.3. The number of hydrogen-bond donors (Lipinski definition) is 5. The molecule has 0 bridgehead atoms. The van der Waals surface area contributed by atoms with E-state index in [0.717, 1.165) is 10.9 Å². The second-order valence-corrected chi connectivity index (χ2v) is 8.11. The molecule has 0 fully saturated rings. The Morgan fingerprint density at radius 2 is 1.91 bits per heavy atom. The molecule has 0 aliphatic rings. The van der Waals surface area contributed by atoms with Gasteiger partial charge in [-0.3, -0.25) is 18.9 Å². The zero-order valence-corrected chi connectivity index (χ0v) is 17.1. The topological polar surface area (TPSA) is 231 Å². The number of carbonyl (C=O) groups is 3. The summed E-state index contributed by atoms with van der Waals surface area (Å²) in [5.41, 5.74) is -1.24. The first-order valence-corrected chi connectivity index (χ1v) is 10.4. The quantitative estimate of drug-likeness (QED) is 0.178. The van der Waals surface area contributed by atoms with Gasteiger partial charge in [-0.2, -0.15) is 8.42 Å². The van der Waals surface area contributed by atoms with Crippen molar-refractivity contribution in [2.45, 2.75) is 5.25 Å². The monoisotopic (exact) mass is 481 g/mol. The van der Waals surface area contributed by atoms with E-state index in [1.807, 2.05) is 0 Å². The summed E-state index contributed by atoms with van der Waals surface area (Å²) in [5.74, 6) is -3.91. The van der Waals surface area contributed by atoms with Crippen LogP contribution in [0.2, 0.25) is 0 Å². The number of fused-ring (bicyclic) bond motifs is 1. The van der Waals surface area contributed by atoms with Gasteiger partial charge in [0.25, 0.3) is 16.0 Å². The van der Waals surface area contributed by atoms with Gasteiger partial charge in [0.2, 0.25) is 5.91 Å². The molecule has 0 radical (unpaired) electrons. The number of benzene rings is 1. The first kappa shape index (κ1) is 23.4. The third-order valence-corrected chi connectivity index (χ3v) is 5.29. The van der Waals surface area contributed by atoms with Gasteiger partial charge in [-0.25, -0.2) is 9.48 Å². The molecule has 3 aromatic rings. The van der Waals surface area contributed by atoms with E-state index in [2.05, 4.69) is 15.6 Å². The predicted molar refractivity (Wildman–Crippen MR) is 107 cm³/mol. The van der Waals surface area contributed by atoms with E-state index < -0.39 is 51.9 Å². The van der Waals surface area contributed by atoms with Crippen molar-refractivity contribution in [2.75, 3.05) is 13.1 Å². The first-order valence-electron chi connectivity index (χ1n) is 8.89. The largest absolute Gasteiger partial charge is 0.508 e. The van der Waals surface area contributed by atoms with E-state index in [4.69, 9.17) is 9.52 Å². The van der Waals surface area contributed by atoms with E-state index in [0.29, 0.717) is 5.39 Å². The maximum absolute atomic E-state index is 12.3. The van der Waals surface area contributed by atoms with Crippen LogP contribution in [0.3, 0.4) is 0 Å². The number of carboxylic acids is 1. The SMILES string of the molecule is O=C(O)CNC(=O)C(CNC(=O)c1cn(-c2cc3ccc(O)cc3oc2=O)nn1)S(=O)(=O)O. The van der Waals surface area contributed by atoms with Gasteiger partial charge in [0.05, 0.1) is 6.20 Å². The maximum atomic E-state index is 12.3. The molecule has 1 unspecified atom stereocenters. The molecule has 2 aromatic heterocycles. The minimum Gasteiger partial charge on any atom is -0.508 e. The van der Waals surface area contributed by atoms with E-state index in [1.165, 1.54) is 24.3 Å². The number of phenolic OH excluding ortho intramolecular Hbond substituents is 1. The minimum atomic E-state index is -4.99. The van der Waals surface area contributed by atoms with Crippen molar-refractivity contribution in [2.24, 2.45) is 0 Å². The lowest BCUT2D eigenvalue weighted by Gasteiger charge is -2.13. The second-order valence-electron chi connectivity index (χ2n) is 6.51. The highest BCUT2D eigenvalue weighted by molar-refractivity contribution is 7.87. The number of carbonyl (C=O) groups excluding carboxylic acids is 2. The molecular formula is C17H15N5O10S. The molecule has 1 aromatic carbocycles. The van der Waals surface area contributed by atoms with Crippen LogP contribution in [-0.2, 0) is 19.7 Å². The molecule has 0 saturated heterocycles. The first-order chi connectivity index (χ1) is 15.5. The van der Waals surface area contributed by atoms with Gasteiger partial charge in [0.15, 0.2) is 16.6 Å². The highest BCUT2D eigenvalue weighted by atomic mass is 32.2. The Kier molecular flexibility index (Phi) is 6.40. The summed E-state index contributed by atoms with van der Waals surface area (Å²) in [6, 6.07) is 5.45. The molecule has 0 spiro atoms. The predicted octanol–water partition coefficient (Wildman–Crippen LogP) is -1.73. The maximum Gasteiger partial charge on any atom is 0.362 e. The van der Waals surface area contributed by atoms with Gasteiger partial charge in [-0.15, -0.1) is 5.10 Å². The standard InChI is InChI=1S/C17H15N5O10S/c23-9-2-1-8-3-11(17(28)32-12(8)4-9)22-7-10(20-21-22)15(26)18-5-13(33(29,30)31)16(27)19-6-14(24)25/h1-4,7,13,23H,5-6H2,(H,18,26)(H,19,27)(H,24,25)(H,29,30,31). The number of carboxylic acid groups (broad SMARTS) is 1. The summed E-state index contributed by atoms with van der Waals surface area (Å²) in [5, 5.41) is 27.3. The van der Waals surface area contributed by atoms with Crippen molar-refractivity contribution in [1.29, 1.82) is 0 Å². The second kappa shape index (κ2) is 9.05. The van der Waals surface area contributed by atoms with Gasteiger partial charge in [0.1, 0.15) is 17.9 Å². The summed E-state index contributed by atoms with van der Waals surface area (Å²) >= 11 is 0. The van der Waals surface area contributed by atoms with E-state index in [1.54, 1.807) is 5.32 Å². The summed E-state index contributed by atoms with van der Waals surface area (Å²) in [4.78, 5) is 46.8. The molecule has 2 amide bonds. The molecule has 5 N–H and O–H groups in total.